The number of ether oxygens (including phenoxy) is 1. The van der Waals surface area contributed by atoms with Crippen LogP contribution in [0.4, 0.5) is 26.3 Å². The van der Waals surface area contributed by atoms with Crippen LogP contribution < -0.4 is 10.5 Å². The SMILES string of the molecule is CC(=N)N.CCCC[C@H](C)c1nc(-c2ccc(OC/C=C/c3cccc(C(F)(F)F)c3)c(C(F)(F)F)c2)no1. The summed E-state index contributed by atoms with van der Waals surface area (Å²) in [5.41, 5.74) is 3.23. The third-order valence-corrected chi connectivity index (χ3v) is 5.26. The zero-order valence-corrected chi connectivity index (χ0v) is 21.7. The number of nitrogens with two attached hydrogens (primary N) is 1. The highest BCUT2D eigenvalue weighted by Crippen LogP contribution is 2.38. The fourth-order valence-corrected chi connectivity index (χ4v) is 3.34. The van der Waals surface area contributed by atoms with Crippen LogP contribution in [0.2, 0.25) is 0 Å². The molecule has 212 valence electrons. The first kappa shape index (κ1) is 31.4. The van der Waals surface area contributed by atoms with Gasteiger partial charge < -0.3 is 15.0 Å². The van der Waals surface area contributed by atoms with Gasteiger partial charge in [-0.1, -0.05) is 50.1 Å². The highest BCUT2D eigenvalue weighted by molar-refractivity contribution is 5.73. The lowest BCUT2D eigenvalue weighted by Gasteiger charge is -2.14. The van der Waals surface area contributed by atoms with Gasteiger partial charge in [-0.3, -0.25) is 5.41 Å². The van der Waals surface area contributed by atoms with Crippen molar-refractivity contribution in [2.75, 3.05) is 6.61 Å². The second-order valence-electron chi connectivity index (χ2n) is 8.73. The Balaban J connectivity index is 0.00000124. The van der Waals surface area contributed by atoms with Crippen LogP contribution in [0.1, 0.15) is 68.5 Å². The molecule has 0 unspecified atom stereocenters. The van der Waals surface area contributed by atoms with Gasteiger partial charge in [-0.2, -0.15) is 31.3 Å². The summed E-state index contributed by atoms with van der Waals surface area (Å²) >= 11 is 0. The van der Waals surface area contributed by atoms with Crippen molar-refractivity contribution >= 4 is 11.9 Å². The Hall–Kier alpha value is -3.83. The van der Waals surface area contributed by atoms with E-state index in [9.17, 15) is 26.3 Å². The molecule has 0 aliphatic rings. The number of nitrogens with zero attached hydrogens (tertiary/aromatic N) is 2. The van der Waals surface area contributed by atoms with Crippen LogP contribution in [0.25, 0.3) is 17.5 Å². The lowest BCUT2D eigenvalue weighted by Crippen LogP contribution is -2.09. The van der Waals surface area contributed by atoms with Gasteiger partial charge >= 0.3 is 12.4 Å². The summed E-state index contributed by atoms with van der Waals surface area (Å²) in [5, 5.41) is 10.1. The van der Waals surface area contributed by atoms with E-state index >= 15 is 0 Å². The lowest BCUT2D eigenvalue weighted by atomic mass is 10.0. The lowest BCUT2D eigenvalue weighted by molar-refractivity contribution is -0.139. The zero-order chi connectivity index (χ0) is 29.2. The van der Waals surface area contributed by atoms with E-state index in [2.05, 4.69) is 17.1 Å². The Kier molecular flexibility index (Phi) is 11.1. The van der Waals surface area contributed by atoms with Crippen LogP contribution in [-0.4, -0.2) is 22.6 Å². The van der Waals surface area contributed by atoms with Crippen molar-refractivity contribution in [3.8, 4) is 17.1 Å². The number of alkyl halides is 6. The van der Waals surface area contributed by atoms with Gasteiger partial charge in [-0.15, -0.1) is 0 Å². The minimum absolute atomic E-state index is 0.00972. The van der Waals surface area contributed by atoms with E-state index in [-0.39, 0.29) is 35.3 Å². The first-order valence-electron chi connectivity index (χ1n) is 12.0. The van der Waals surface area contributed by atoms with Gasteiger partial charge in [0, 0.05) is 11.5 Å². The molecule has 0 fully saturated rings. The standard InChI is InChI=1S/C25H24F6N2O2.C2H6N2/c1-3-4-7-16(2)23-32-22(33-35-23)18-11-12-21(20(15-18)25(29,30)31)34-13-6-9-17-8-5-10-19(14-17)24(26,27)28;1-2(3)4/h5-6,8-12,14-16H,3-4,7,13H2,1-2H3;1H3,(H3,3,4)/b9-6+;/t16-;/m0./s1. The van der Waals surface area contributed by atoms with Crippen LogP contribution >= 0.6 is 0 Å². The third-order valence-electron chi connectivity index (χ3n) is 5.26. The van der Waals surface area contributed by atoms with Crippen LogP contribution in [0.5, 0.6) is 5.75 Å². The van der Waals surface area contributed by atoms with Crippen molar-refractivity contribution in [3.63, 3.8) is 0 Å². The number of amidine groups is 1. The summed E-state index contributed by atoms with van der Waals surface area (Å²) in [7, 11) is 0. The van der Waals surface area contributed by atoms with Crippen molar-refractivity contribution in [3.05, 3.63) is 71.1 Å². The molecule has 39 heavy (non-hydrogen) atoms. The topological polar surface area (TPSA) is 98.0 Å². The fraction of sp³-hybridized carbons (Fsp3) is 0.370. The van der Waals surface area contributed by atoms with E-state index in [1.54, 1.807) is 0 Å². The molecule has 1 heterocycles. The molecule has 0 saturated heterocycles. The van der Waals surface area contributed by atoms with E-state index < -0.39 is 29.2 Å². The predicted molar refractivity (Wildman–Crippen MR) is 136 cm³/mol. The monoisotopic (exact) mass is 556 g/mol. The summed E-state index contributed by atoms with van der Waals surface area (Å²) in [4.78, 5) is 4.24. The van der Waals surface area contributed by atoms with Crippen molar-refractivity contribution < 1.29 is 35.6 Å². The maximum Gasteiger partial charge on any atom is 0.419 e. The molecule has 12 heteroatoms. The van der Waals surface area contributed by atoms with Crippen molar-refractivity contribution in [1.82, 2.24) is 10.1 Å². The maximum atomic E-state index is 13.7. The van der Waals surface area contributed by atoms with E-state index in [4.69, 9.17) is 20.4 Å². The molecule has 1 aromatic heterocycles. The molecule has 6 nitrogen and oxygen atoms in total. The van der Waals surface area contributed by atoms with E-state index in [0.29, 0.717) is 5.89 Å². The van der Waals surface area contributed by atoms with Crippen molar-refractivity contribution in [1.29, 1.82) is 5.41 Å². The number of aromatic nitrogens is 2. The normalized spacial score (nSPS) is 12.6. The van der Waals surface area contributed by atoms with Gasteiger partial charge in [0.1, 0.15) is 12.4 Å². The molecule has 0 aliphatic heterocycles. The summed E-state index contributed by atoms with van der Waals surface area (Å²) in [6, 6.07) is 8.01. The highest BCUT2D eigenvalue weighted by atomic mass is 19.4. The van der Waals surface area contributed by atoms with Gasteiger partial charge in [0.25, 0.3) is 0 Å². The number of halogens is 6. The number of hydrogen-bond acceptors (Lipinski definition) is 5. The second kappa shape index (κ2) is 13.8. The van der Waals surface area contributed by atoms with Crippen LogP contribution in [0, 0.1) is 5.41 Å². The van der Waals surface area contributed by atoms with Gasteiger partial charge in [-0.25, -0.2) is 0 Å². The average molecular weight is 557 g/mol. The highest BCUT2D eigenvalue weighted by Gasteiger charge is 2.35. The first-order valence-corrected chi connectivity index (χ1v) is 12.0. The van der Waals surface area contributed by atoms with E-state index in [1.165, 1.54) is 37.3 Å². The summed E-state index contributed by atoms with van der Waals surface area (Å²) in [6.45, 7) is 5.22. The largest absolute Gasteiger partial charge is 0.489 e. The molecular weight excluding hydrogens is 526 g/mol. The maximum absolute atomic E-state index is 13.7. The molecule has 0 radical (unpaired) electrons. The van der Waals surface area contributed by atoms with Gasteiger partial charge in [0.05, 0.1) is 17.0 Å². The van der Waals surface area contributed by atoms with Crippen molar-refractivity contribution in [2.45, 2.75) is 58.3 Å². The molecule has 0 aliphatic carbocycles. The van der Waals surface area contributed by atoms with E-state index in [1.807, 2.05) is 6.92 Å². The van der Waals surface area contributed by atoms with Crippen LogP contribution in [0.3, 0.4) is 0 Å². The number of nitrogens with one attached hydrogen (secondary N) is 1. The Morgan fingerprint density at radius 3 is 2.41 bits per heavy atom. The molecule has 2 aromatic carbocycles. The Morgan fingerprint density at radius 2 is 1.79 bits per heavy atom. The molecular formula is C27H30F6N4O2. The Bertz CT molecular complexity index is 1250. The summed E-state index contributed by atoms with van der Waals surface area (Å²) < 4.78 is 90.0. The smallest absolute Gasteiger partial charge is 0.419 e. The Labute approximate surface area is 222 Å². The first-order chi connectivity index (χ1) is 18.2. The Morgan fingerprint density at radius 1 is 1.10 bits per heavy atom. The van der Waals surface area contributed by atoms with Crippen LogP contribution in [0.15, 0.2) is 53.1 Å². The molecule has 0 saturated carbocycles. The number of hydrogen-bond donors (Lipinski definition) is 2. The molecule has 0 spiro atoms. The van der Waals surface area contributed by atoms with E-state index in [0.717, 1.165) is 43.5 Å². The summed E-state index contributed by atoms with van der Waals surface area (Å²) in [5.74, 6) is 0.145. The molecule has 0 amide bonds. The predicted octanol–water partition coefficient (Wildman–Crippen LogP) is 8.10. The number of benzene rings is 2. The fourth-order valence-electron chi connectivity index (χ4n) is 3.34. The molecule has 3 rings (SSSR count). The molecule has 0 bridgehead atoms. The molecule has 1 atom stereocenters. The third kappa shape index (κ3) is 10.1. The van der Waals surface area contributed by atoms with Crippen molar-refractivity contribution in [2.24, 2.45) is 5.73 Å². The summed E-state index contributed by atoms with van der Waals surface area (Å²) in [6.07, 6.45) is -3.73. The average Bonchev–Trinajstić information content (AvgIpc) is 3.34. The minimum atomic E-state index is -4.71. The van der Waals surface area contributed by atoms with Crippen LogP contribution in [-0.2, 0) is 12.4 Å². The van der Waals surface area contributed by atoms with Gasteiger partial charge in [0.15, 0.2) is 0 Å². The number of rotatable bonds is 9. The second-order valence-corrected chi connectivity index (χ2v) is 8.73. The molecule has 3 N–H and O–H groups in total. The minimum Gasteiger partial charge on any atom is -0.489 e. The zero-order valence-electron chi connectivity index (χ0n) is 21.7. The quantitative estimate of drug-likeness (QED) is 0.158. The van der Waals surface area contributed by atoms with Gasteiger partial charge in [-0.05, 0) is 55.3 Å². The van der Waals surface area contributed by atoms with Gasteiger partial charge in [0.2, 0.25) is 11.7 Å². The number of unbranched alkanes of at least 4 members (excludes halogenated alkanes) is 1. The molecule has 3 aromatic rings.